The van der Waals surface area contributed by atoms with Gasteiger partial charge in [0, 0.05) is 77.0 Å². The molecule has 3 saturated carbocycles. The third kappa shape index (κ3) is 16.2. The standard InChI is InChI=1S/C22H30F3N3O.C22H28F3N3O.C21H30F3N3O/c2*23-22(24,25)12-15-28-16-26-20(29)21(28)10-13-27(14-11-21)19-9-5-4-8-18(19)17-6-2-1-3-7-17;22-21(23,24)10-13-26-20(19(25)28)11-14-27(15-12-20)18-9-5-4-8-17(18)16-6-2-1-3-7-16/h1-3,6-7,18-19H,4-5,8-16H2,(H,26,29);1-3,6-7,16,18-19H,4-5,8-15H2;1-3,6-7,17-18,26H,4-5,8-15H2,(H2,25,28)/t2*18-,19-;17-,18-/m000/s1. The number of amides is 3. The van der Waals surface area contributed by atoms with E-state index in [0.29, 0.717) is 87.5 Å². The third-order valence-electron chi connectivity index (χ3n) is 20.5. The van der Waals surface area contributed by atoms with E-state index in [4.69, 9.17) is 5.73 Å². The molecule has 0 bridgehead atoms. The minimum absolute atomic E-state index is 0.0948. The molecule has 3 amide bonds. The fraction of sp³-hybridized carbons (Fsp3) is 0.662. The smallest absolute Gasteiger partial charge is 0.368 e. The van der Waals surface area contributed by atoms with E-state index < -0.39 is 60.3 Å². The molecule has 4 saturated heterocycles. The molecule has 12 nitrogen and oxygen atoms in total. The molecule has 3 aromatic rings. The maximum absolute atomic E-state index is 12.7. The Morgan fingerprint density at radius 3 is 1.29 bits per heavy atom. The Balaban J connectivity index is 0.000000154. The number of aliphatic imine (C=N–C) groups is 1. The molecular formula is C65H88F9N9O3. The van der Waals surface area contributed by atoms with Crippen LogP contribution in [0.4, 0.5) is 39.5 Å². The van der Waals surface area contributed by atoms with Crippen molar-refractivity contribution in [1.29, 1.82) is 0 Å². The van der Waals surface area contributed by atoms with Gasteiger partial charge >= 0.3 is 18.5 Å². The second kappa shape index (κ2) is 28.6. The predicted octanol–water partition coefficient (Wildman–Crippen LogP) is 11.8. The maximum atomic E-state index is 12.7. The van der Waals surface area contributed by atoms with Gasteiger partial charge in [-0.2, -0.15) is 39.5 Å². The van der Waals surface area contributed by atoms with Crippen LogP contribution in [0.5, 0.6) is 0 Å². The normalized spacial score (nSPS) is 27.5. The summed E-state index contributed by atoms with van der Waals surface area (Å²) in [6.07, 6.45) is 3.31. The SMILES string of the molecule is NC(=O)C1(NCCC(F)(F)F)CCN([C@H]2CCCC[C@H]2c2ccccc2)CC1.O=C1N=CN(CCC(F)(F)F)C12CCN([C@H]1CCCC[C@H]1c1ccccc1)CC2.O=C1NCN(CCC(F)(F)F)C12CCN([C@H]1CCCC[C@H]1c1ccccc1)CC2. The van der Waals surface area contributed by atoms with Crippen LogP contribution in [0.2, 0.25) is 0 Å². The number of halogens is 9. The van der Waals surface area contributed by atoms with Gasteiger partial charge in [-0.15, -0.1) is 0 Å². The Morgan fingerprint density at radius 2 is 0.895 bits per heavy atom. The van der Waals surface area contributed by atoms with E-state index in [9.17, 15) is 53.9 Å². The number of hydrogen-bond acceptors (Lipinski definition) is 9. The van der Waals surface area contributed by atoms with Crippen molar-refractivity contribution in [3.05, 3.63) is 108 Å². The van der Waals surface area contributed by atoms with Gasteiger partial charge in [0.05, 0.1) is 32.3 Å². The van der Waals surface area contributed by atoms with Gasteiger partial charge in [0.1, 0.15) is 16.6 Å². The van der Waals surface area contributed by atoms with Crippen LogP contribution in [0.25, 0.3) is 0 Å². The van der Waals surface area contributed by atoms with Gasteiger partial charge in [0.2, 0.25) is 11.8 Å². The average molecular weight is 1210 g/mol. The second-order valence-electron chi connectivity index (χ2n) is 25.4. The number of carbonyl (C=O) groups excluding carboxylic acids is 3. The Bertz CT molecular complexity index is 2580. The lowest BCUT2D eigenvalue weighted by Crippen LogP contribution is -2.62. The van der Waals surface area contributed by atoms with Crippen molar-refractivity contribution in [2.75, 3.05) is 65.6 Å². The van der Waals surface area contributed by atoms with E-state index >= 15 is 0 Å². The van der Waals surface area contributed by atoms with Crippen molar-refractivity contribution in [1.82, 2.24) is 35.1 Å². The number of nitrogens with one attached hydrogen (secondary N) is 2. The zero-order chi connectivity index (χ0) is 61.2. The van der Waals surface area contributed by atoms with Gasteiger partial charge < -0.3 is 21.3 Å². The van der Waals surface area contributed by atoms with Crippen molar-refractivity contribution >= 4 is 24.1 Å². The molecule has 8 aliphatic rings. The number of benzene rings is 3. The van der Waals surface area contributed by atoms with E-state index in [-0.39, 0.29) is 38.1 Å². The zero-order valence-corrected chi connectivity index (χ0v) is 49.5. The van der Waals surface area contributed by atoms with Crippen LogP contribution >= 0.6 is 0 Å². The number of carbonyl (C=O) groups is 3. The summed E-state index contributed by atoms with van der Waals surface area (Å²) in [5.41, 5.74) is 7.01. The van der Waals surface area contributed by atoms with Crippen LogP contribution in [0.15, 0.2) is 96.0 Å². The third-order valence-corrected chi connectivity index (χ3v) is 20.5. The fourth-order valence-corrected chi connectivity index (χ4v) is 15.8. The first-order chi connectivity index (χ1) is 41.1. The summed E-state index contributed by atoms with van der Waals surface area (Å²) in [6.45, 7) is 3.98. The molecule has 0 aromatic heterocycles. The highest BCUT2D eigenvalue weighted by Gasteiger charge is 2.53. The highest BCUT2D eigenvalue weighted by Crippen LogP contribution is 2.44. The Hall–Kier alpha value is -5.09. The molecular weight excluding hydrogens is 1130 g/mol. The van der Waals surface area contributed by atoms with Crippen LogP contribution in [-0.4, -0.2) is 167 Å². The quantitative estimate of drug-likeness (QED) is 0.135. The monoisotopic (exact) mass is 1210 g/mol. The molecule has 6 atom stereocenters. The molecule has 86 heavy (non-hydrogen) atoms. The van der Waals surface area contributed by atoms with Crippen molar-refractivity contribution in [2.24, 2.45) is 10.7 Å². The first-order valence-corrected chi connectivity index (χ1v) is 31.6. The van der Waals surface area contributed by atoms with Gasteiger partial charge in [-0.3, -0.25) is 34.0 Å². The van der Waals surface area contributed by atoms with Crippen molar-refractivity contribution < 1.29 is 53.9 Å². The summed E-state index contributed by atoms with van der Waals surface area (Å²) < 4.78 is 114. The van der Waals surface area contributed by atoms with Gasteiger partial charge in [-0.1, -0.05) is 130 Å². The number of likely N-dealkylation sites (tertiary alicyclic amines) is 3. The molecule has 21 heteroatoms. The summed E-state index contributed by atoms with van der Waals surface area (Å²) in [6, 6.07) is 33.1. The summed E-state index contributed by atoms with van der Waals surface area (Å²) in [4.78, 5) is 51.7. The molecule has 5 heterocycles. The number of rotatable bonds is 14. The van der Waals surface area contributed by atoms with E-state index in [0.717, 1.165) is 58.3 Å². The molecule has 7 fully saturated rings. The largest absolute Gasteiger partial charge is 0.390 e. The van der Waals surface area contributed by atoms with Crippen molar-refractivity contribution in [3.63, 3.8) is 0 Å². The van der Waals surface area contributed by atoms with Crippen molar-refractivity contribution in [2.45, 2.75) is 206 Å². The maximum Gasteiger partial charge on any atom is 0.390 e. The van der Waals surface area contributed by atoms with Gasteiger partial charge in [0.15, 0.2) is 0 Å². The van der Waals surface area contributed by atoms with E-state index in [2.05, 4.69) is 103 Å². The number of piperidine rings is 3. The molecule has 4 N–H and O–H groups in total. The molecule has 2 spiro atoms. The molecule has 0 radical (unpaired) electrons. The predicted molar refractivity (Wildman–Crippen MR) is 314 cm³/mol. The lowest BCUT2D eigenvalue weighted by Gasteiger charge is -2.48. The Kier molecular flexibility index (Phi) is 21.7. The highest BCUT2D eigenvalue weighted by atomic mass is 19.4. The van der Waals surface area contributed by atoms with Gasteiger partial charge in [-0.05, 0) is 111 Å². The van der Waals surface area contributed by atoms with Crippen molar-refractivity contribution in [3.8, 4) is 0 Å². The van der Waals surface area contributed by atoms with Crippen LogP contribution in [-0.2, 0) is 14.4 Å². The molecule has 5 aliphatic heterocycles. The number of alkyl halides is 9. The summed E-state index contributed by atoms with van der Waals surface area (Å²) >= 11 is 0. The lowest BCUT2D eigenvalue weighted by molar-refractivity contribution is -0.145. The number of primary amides is 1. The topological polar surface area (TPSA) is 130 Å². The van der Waals surface area contributed by atoms with Crippen LogP contribution in [0, 0.1) is 0 Å². The summed E-state index contributed by atoms with van der Waals surface area (Å²) in [7, 11) is 0. The van der Waals surface area contributed by atoms with Gasteiger partial charge in [-0.25, -0.2) is 4.99 Å². The highest BCUT2D eigenvalue weighted by molar-refractivity contribution is 5.98. The number of hydrogen-bond donors (Lipinski definition) is 3. The van der Waals surface area contributed by atoms with Crippen LogP contribution in [0.3, 0.4) is 0 Å². The van der Waals surface area contributed by atoms with E-state index in [1.807, 2.05) is 18.2 Å². The second-order valence-corrected chi connectivity index (χ2v) is 25.4. The first kappa shape index (κ1) is 65.4. The Labute approximate surface area is 501 Å². The van der Waals surface area contributed by atoms with Gasteiger partial charge in [0.25, 0.3) is 5.91 Å². The molecule has 0 unspecified atom stereocenters. The molecule has 3 aromatic carbocycles. The molecule has 11 rings (SSSR count). The van der Waals surface area contributed by atoms with E-state index in [1.54, 1.807) is 9.80 Å². The zero-order valence-electron chi connectivity index (χ0n) is 49.5. The average Bonchev–Trinajstić information content (AvgIpc) is 2.09. The van der Waals surface area contributed by atoms with E-state index in [1.165, 1.54) is 68.0 Å². The first-order valence-electron chi connectivity index (χ1n) is 31.6. The number of nitrogens with zero attached hydrogens (tertiary/aromatic N) is 6. The fourth-order valence-electron chi connectivity index (χ4n) is 15.8. The van der Waals surface area contributed by atoms with Crippen LogP contribution in [0.1, 0.15) is 169 Å². The minimum atomic E-state index is -4.24. The lowest BCUT2D eigenvalue weighted by atomic mass is 9.77. The summed E-state index contributed by atoms with van der Waals surface area (Å²) in [5, 5.41) is 5.63. The number of nitrogens with two attached hydrogens (primary N) is 1. The van der Waals surface area contributed by atoms with Crippen LogP contribution < -0.4 is 16.4 Å². The molecule has 3 aliphatic carbocycles. The summed E-state index contributed by atoms with van der Waals surface area (Å²) in [5.74, 6) is 0.533. The molecule has 474 valence electrons. The Morgan fingerprint density at radius 1 is 0.523 bits per heavy atom. The minimum Gasteiger partial charge on any atom is -0.368 e.